The van der Waals surface area contributed by atoms with Crippen molar-refractivity contribution in [3.8, 4) is 0 Å². The topological polar surface area (TPSA) is 90.4 Å². The van der Waals surface area contributed by atoms with Crippen molar-refractivity contribution < 1.29 is 14.7 Å². The monoisotopic (exact) mass is 399 g/mol. The Hall–Kier alpha value is -2.60. The first-order valence-electron chi connectivity index (χ1n) is 10.5. The summed E-state index contributed by atoms with van der Waals surface area (Å²) in [5.74, 6) is 5.58. The van der Waals surface area contributed by atoms with Crippen molar-refractivity contribution in [1.29, 1.82) is 0 Å². The van der Waals surface area contributed by atoms with Crippen molar-refractivity contribution in [3.05, 3.63) is 65.9 Å². The summed E-state index contributed by atoms with van der Waals surface area (Å²) in [6.07, 6.45) is 12.9. The SMILES string of the molecule is CCCCCCC(=C(CCCC(=O)O)ON)C(Cc1ccccc1)n1ccnc1. The van der Waals surface area contributed by atoms with Crippen LogP contribution in [0.25, 0.3) is 0 Å². The van der Waals surface area contributed by atoms with E-state index in [0.29, 0.717) is 18.6 Å². The third-order valence-corrected chi connectivity index (χ3v) is 5.15. The standard InChI is InChI=1S/C23H33N3O3/c1-2-3-4-8-12-20(22(29-24)13-9-14-23(27)28)21(26-16-15-25-18-26)17-19-10-6-5-7-11-19/h5-7,10-11,15-16,18,21H,2-4,8-9,12-14,17,24H2,1H3,(H,27,28). The molecule has 3 N–H and O–H groups in total. The van der Waals surface area contributed by atoms with E-state index in [1.54, 1.807) is 6.20 Å². The Balaban J connectivity index is 2.33. The second-order valence-corrected chi connectivity index (χ2v) is 7.34. The lowest BCUT2D eigenvalue weighted by molar-refractivity contribution is -0.137. The number of hydrogen-bond donors (Lipinski definition) is 2. The molecule has 6 nitrogen and oxygen atoms in total. The maximum atomic E-state index is 10.9. The molecule has 0 bridgehead atoms. The normalized spacial score (nSPS) is 13.0. The molecule has 0 aliphatic carbocycles. The Morgan fingerprint density at radius 3 is 2.55 bits per heavy atom. The number of carboxylic acids is 1. The Kier molecular flexibility index (Phi) is 10.00. The number of nitrogens with zero attached hydrogens (tertiary/aromatic N) is 2. The predicted octanol–water partition coefficient (Wildman–Crippen LogP) is 5.04. The molecule has 0 spiro atoms. The molecule has 0 radical (unpaired) electrons. The summed E-state index contributed by atoms with van der Waals surface area (Å²) in [7, 11) is 0. The third-order valence-electron chi connectivity index (χ3n) is 5.15. The van der Waals surface area contributed by atoms with Crippen molar-refractivity contribution in [2.75, 3.05) is 0 Å². The zero-order valence-corrected chi connectivity index (χ0v) is 17.3. The van der Waals surface area contributed by atoms with Gasteiger partial charge in [0.25, 0.3) is 0 Å². The number of nitrogens with two attached hydrogens (primary N) is 1. The minimum absolute atomic E-state index is 0.0323. The number of rotatable bonds is 14. The summed E-state index contributed by atoms with van der Waals surface area (Å²) < 4.78 is 2.10. The number of unbranched alkanes of at least 4 members (excludes halogenated alkanes) is 3. The molecule has 158 valence electrons. The number of aliphatic carboxylic acids is 1. The van der Waals surface area contributed by atoms with Crippen LogP contribution in [0.3, 0.4) is 0 Å². The fourth-order valence-corrected chi connectivity index (χ4v) is 3.63. The minimum Gasteiger partial charge on any atom is -0.481 e. The lowest BCUT2D eigenvalue weighted by Gasteiger charge is -2.25. The predicted molar refractivity (Wildman–Crippen MR) is 114 cm³/mol. The molecule has 0 saturated heterocycles. The summed E-state index contributed by atoms with van der Waals surface area (Å²) in [5, 5.41) is 8.99. The van der Waals surface area contributed by atoms with Crippen molar-refractivity contribution in [1.82, 2.24) is 9.55 Å². The van der Waals surface area contributed by atoms with Crippen molar-refractivity contribution in [2.45, 2.75) is 70.8 Å². The lowest BCUT2D eigenvalue weighted by Crippen LogP contribution is -2.18. The van der Waals surface area contributed by atoms with Gasteiger partial charge in [0, 0.05) is 25.2 Å². The smallest absolute Gasteiger partial charge is 0.303 e. The second-order valence-electron chi connectivity index (χ2n) is 7.34. The third kappa shape index (κ3) is 7.74. The van der Waals surface area contributed by atoms with E-state index in [2.05, 4.69) is 28.6 Å². The molecule has 0 saturated carbocycles. The van der Waals surface area contributed by atoms with Gasteiger partial charge in [0.1, 0.15) is 5.76 Å². The summed E-state index contributed by atoms with van der Waals surface area (Å²) in [6, 6.07) is 10.4. The van der Waals surface area contributed by atoms with E-state index in [4.69, 9.17) is 15.8 Å². The van der Waals surface area contributed by atoms with Crippen LogP contribution in [0.2, 0.25) is 0 Å². The molecule has 29 heavy (non-hydrogen) atoms. The first-order chi connectivity index (χ1) is 14.2. The van der Waals surface area contributed by atoms with Gasteiger partial charge in [-0.2, -0.15) is 5.90 Å². The Bertz CT molecular complexity index is 742. The number of imidazole rings is 1. The summed E-state index contributed by atoms with van der Waals surface area (Å²) in [6.45, 7) is 2.20. The largest absolute Gasteiger partial charge is 0.481 e. The van der Waals surface area contributed by atoms with Crippen molar-refractivity contribution >= 4 is 5.97 Å². The number of allylic oxidation sites excluding steroid dienone is 2. The molecule has 1 aromatic heterocycles. The minimum atomic E-state index is -0.804. The highest BCUT2D eigenvalue weighted by Crippen LogP contribution is 2.31. The number of aromatic nitrogens is 2. The fourth-order valence-electron chi connectivity index (χ4n) is 3.63. The van der Waals surface area contributed by atoms with E-state index >= 15 is 0 Å². The van der Waals surface area contributed by atoms with Crippen molar-refractivity contribution in [2.24, 2.45) is 5.90 Å². The molecule has 2 aromatic rings. The van der Waals surface area contributed by atoms with Gasteiger partial charge in [-0.05, 0) is 36.8 Å². The molecule has 6 heteroatoms. The molecule has 1 unspecified atom stereocenters. The molecular formula is C23H33N3O3. The van der Waals surface area contributed by atoms with Gasteiger partial charge in [0.15, 0.2) is 0 Å². The van der Waals surface area contributed by atoms with Crippen LogP contribution in [0.15, 0.2) is 60.4 Å². The van der Waals surface area contributed by atoms with Crippen LogP contribution in [0.1, 0.15) is 69.9 Å². The van der Waals surface area contributed by atoms with Crippen LogP contribution >= 0.6 is 0 Å². The van der Waals surface area contributed by atoms with Gasteiger partial charge < -0.3 is 14.5 Å². The van der Waals surface area contributed by atoms with Crippen LogP contribution in [0, 0.1) is 0 Å². The van der Waals surface area contributed by atoms with Gasteiger partial charge in [-0.25, -0.2) is 4.98 Å². The van der Waals surface area contributed by atoms with E-state index in [1.807, 2.05) is 30.7 Å². The molecule has 1 aromatic carbocycles. The molecule has 0 fully saturated rings. The highest BCUT2D eigenvalue weighted by Gasteiger charge is 2.22. The van der Waals surface area contributed by atoms with Gasteiger partial charge in [-0.15, -0.1) is 0 Å². The zero-order chi connectivity index (χ0) is 20.9. The maximum absolute atomic E-state index is 10.9. The molecule has 0 amide bonds. The number of hydrogen-bond acceptors (Lipinski definition) is 4. The van der Waals surface area contributed by atoms with Crippen LogP contribution in [-0.4, -0.2) is 20.6 Å². The van der Waals surface area contributed by atoms with E-state index < -0.39 is 5.97 Å². The van der Waals surface area contributed by atoms with E-state index in [1.165, 1.54) is 18.4 Å². The van der Waals surface area contributed by atoms with Crippen LogP contribution in [0.4, 0.5) is 0 Å². The molecule has 2 rings (SSSR count). The summed E-state index contributed by atoms with van der Waals surface area (Å²) in [5.41, 5.74) is 2.36. The Morgan fingerprint density at radius 1 is 1.14 bits per heavy atom. The van der Waals surface area contributed by atoms with Gasteiger partial charge in [0.2, 0.25) is 0 Å². The van der Waals surface area contributed by atoms with Crippen molar-refractivity contribution in [3.63, 3.8) is 0 Å². The number of benzene rings is 1. The second kappa shape index (κ2) is 12.8. The highest BCUT2D eigenvalue weighted by molar-refractivity contribution is 5.66. The average Bonchev–Trinajstić information content (AvgIpc) is 3.26. The van der Waals surface area contributed by atoms with Crippen LogP contribution in [-0.2, 0) is 16.1 Å². The van der Waals surface area contributed by atoms with Gasteiger partial charge in [0.05, 0.1) is 12.4 Å². The fraction of sp³-hybridized carbons (Fsp3) is 0.478. The molecular weight excluding hydrogens is 366 g/mol. The zero-order valence-electron chi connectivity index (χ0n) is 17.3. The van der Waals surface area contributed by atoms with Crippen LogP contribution in [0.5, 0.6) is 0 Å². The average molecular weight is 400 g/mol. The van der Waals surface area contributed by atoms with Crippen LogP contribution < -0.4 is 5.90 Å². The first-order valence-corrected chi connectivity index (χ1v) is 10.5. The molecule has 1 heterocycles. The van der Waals surface area contributed by atoms with Gasteiger partial charge >= 0.3 is 5.97 Å². The summed E-state index contributed by atoms with van der Waals surface area (Å²) >= 11 is 0. The molecule has 1 atom stereocenters. The van der Waals surface area contributed by atoms with Gasteiger partial charge in [-0.3, -0.25) is 4.79 Å². The highest BCUT2D eigenvalue weighted by atomic mass is 16.6. The Morgan fingerprint density at radius 2 is 1.93 bits per heavy atom. The molecule has 0 aliphatic rings. The summed E-state index contributed by atoms with van der Waals surface area (Å²) in [4.78, 5) is 20.5. The van der Waals surface area contributed by atoms with E-state index in [0.717, 1.165) is 31.3 Å². The Labute approximate surface area is 173 Å². The maximum Gasteiger partial charge on any atom is 0.303 e. The molecule has 0 aliphatic heterocycles. The quantitative estimate of drug-likeness (QED) is 0.264. The van der Waals surface area contributed by atoms with E-state index in [-0.39, 0.29) is 12.5 Å². The number of carbonyl (C=O) groups is 1. The van der Waals surface area contributed by atoms with E-state index in [9.17, 15) is 4.79 Å². The number of carboxylic acid groups (broad SMARTS) is 1. The lowest BCUT2D eigenvalue weighted by atomic mass is 9.92. The first kappa shape index (κ1) is 22.7. The van der Waals surface area contributed by atoms with Gasteiger partial charge in [-0.1, -0.05) is 56.5 Å².